The molecule has 64 valence electrons. The summed E-state index contributed by atoms with van der Waals surface area (Å²) in [4.78, 5) is 10.7. The Balaban J connectivity index is 2.58. The van der Waals surface area contributed by atoms with E-state index in [0.29, 0.717) is 0 Å². The van der Waals surface area contributed by atoms with Gasteiger partial charge in [-0.25, -0.2) is 4.79 Å². The standard InChI is InChI=1S/C10H12O2/c1-2-3-4-6-9-7-5-8-10(11)12-9/h2-3,5,7-8H,4,6H2,1H3/b3-2+. The lowest BCUT2D eigenvalue weighted by Gasteiger charge is -1.93. The minimum Gasteiger partial charge on any atom is -0.428 e. The topological polar surface area (TPSA) is 30.2 Å². The van der Waals surface area contributed by atoms with Crippen molar-refractivity contribution in [2.24, 2.45) is 0 Å². The maximum Gasteiger partial charge on any atom is 0.335 e. The van der Waals surface area contributed by atoms with Gasteiger partial charge in [-0.3, -0.25) is 0 Å². The number of allylic oxidation sites excluding steroid dienone is 2. The molecule has 1 aromatic heterocycles. The van der Waals surface area contributed by atoms with Crippen LogP contribution in [0.25, 0.3) is 0 Å². The lowest BCUT2D eigenvalue weighted by Crippen LogP contribution is -1.97. The zero-order chi connectivity index (χ0) is 8.81. The minimum atomic E-state index is -0.270. The highest BCUT2D eigenvalue weighted by molar-refractivity contribution is 5.00. The Hall–Kier alpha value is -1.31. The average molecular weight is 164 g/mol. The molecule has 0 aliphatic rings. The van der Waals surface area contributed by atoms with Crippen molar-refractivity contribution in [1.82, 2.24) is 0 Å². The van der Waals surface area contributed by atoms with Gasteiger partial charge in [0, 0.05) is 12.5 Å². The van der Waals surface area contributed by atoms with Crippen molar-refractivity contribution in [3.05, 3.63) is 46.5 Å². The lowest BCUT2D eigenvalue weighted by molar-refractivity contribution is 0.460. The van der Waals surface area contributed by atoms with E-state index in [-0.39, 0.29) is 5.63 Å². The second-order valence-corrected chi connectivity index (χ2v) is 2.52. The fourth-order valence-electron chi connectivity index (χ4n) is 0.958. The second kappa shape index (κ2) is 4.54. The fraction of sp³-hybridized carbons (Fsp3) is 0.300. The molecular formula is C10H12O2. The van der Waals surface area contributed by atoms with Crippen LogP contribution in [0.3, 0.4) is 0 Å². The number of aryl methyl sites for hydroxylation is 1. The molecule has 0 amide bonds. The van der Waals surface area contributed by atoms with Crippen LogP contribution in [-0.2, 0) is 6.42 Å². The molecule has 0 aliphatic carbocycles. The molecule has 0 N–H and O–H groups in total. The normalized spacial score (nSPS) is 10.8. The maximum absolute atomic E-state index is 10.7. The summed E-state index contributed by atoms with van der Waals surface area (Å²) in [6, 6.07) is 4.96. The van der Waals surface area contributed by atoms with E-state index in [1.54, 1.807) is 6.07 Å². The molecule has 0 saturated carbocycles. The van der Waals surface area contributed by atoms with E-state index >= 15 is 0 Å². The monoisotopic (exact) mass is 164 g/mol. The van der Waals surface area contributed by atoms with Crippen LogP contribution in [0.4, 0.5) is 0 Å². The van der Waals surface area contributed by atoms with E-state index in [4.69, 9.17) is 4.42 Å². The molecule has 0 unspecified atom stereocenters. The van der Waals surface area contributed by atoms with Crippen LogP contribution in [0.5, 0.6) is 0 Å². The molecule has 0 atom stereocenters. The van der Waals surface area contributed by atoms with Gasteiger partial charge in [0.05, 0.1) is 0 Å². The molecule has 2 heteroatoms. The largest absolute Gasteiger partial charge is 0.428 e. The van der Waals surface area contributed by atoms with Crippen molar-refractivity contribution < 1.29 is 4.42 Å². The van der Waals surface area contributed by atoms with Gasteiger partial charge in [-0.1, -0.05) is 18.2 Å². The van der Waals surface area contributed by atoms with Crippen LogP contribution in [0.1, 0.15) is 19.1 Å². The second-order valence-electron chi connectivity index (χ2n) is 2.52. The quantitative estimate of drug-likeness (QED) is 0.641. The van der Waals surface area contributed by atoms with E-state index in [1.165, 1.54) is 6.07 Å². The predicted octanol–water partition coefficient (Wildman–Crippen LogP) is 2.15. The van der Waals surface area contributed by atoms with E-state index in [0.717, 1.165) is 18.6 Å². The van der Waals surface area contributed by atoms with E-state index in [2.05, 4.69) is 0 Å². The molecule has 1 heterocycles. The van der Waals surface area contributed by atoms with Crippen molar-refractivity contribution in [3.63, 3.8) is 0 Å². The van der Waals surface area contributed by atoms with Crippen LogP contribution in [0, 0.1) is 0 Å². The van der Waals surface area contributed by atoms with Crippen LogP contribution in [0.2, 0.25) is 0 Å². The Morgan fingerprint density at radius 1 is 1.50 bits per heavy atom. The summed E-state index contributed by atoms with van der Waals surface area (Å²) in [6.07, 6.45) is 5.75. The van der Waals surface area contributed by atoms with Gasteiger partial charge in [-0.05, 0) is 19.4 Å². The van der Waals surface area contributed by atoms with E-state index < -0.39 is 0 Å². The SMILES string of the molecule is C/C=C/CCc1cccc(=O)o1. The Labute approximate surface area is 71.5 Å². The van der Waals surface area contributed by atoms with Gasteiger partial charge in [-0.2, -0.15) is 0 Å². The van der Waals surface area contributed by atoms with Crippen LogP contribution in [0.15, 0.2) is 39.6 Å². The molecule has 0 radical (unpaired) electrons. The van der Waals surface area contributed by atoms with E-state index in [1.807, 2.05) is 25.1 Å². The smallest absolute Gasteiger partial charge is 0.335 e. The van der Waals surface area contributed by atoms with Gasteiger partial charge in [0.15, 0.2) is 0 Å². The van der Waals surface area contributed by atoms with Crippen LogP contribution >= 0.6 is 0 Å². The molecule has 0 aliphatic heterocycles. The molecule has 0 fully saturated rings. The summed E-state index contributed by atoms with van der Waals surface area (Å²) < 4.78 is 4.93. The van der Waals surface area contributed by atoms with Crippen molar-refractivity contribution in [2.75, 3.05) is 0 Å². The first-order valence-electron chi connectivity index (χ1n) is 4.03. The Morgan fingerprint density at radius 3 is 3.00 bits per heavy atom. The maximum atomic E-state index is 10.7. The summed E-state index contributed by atoms with van der Waals surface area (Å²) in [6.45, 7) is 1.97. The summed E-state index contributed by atoms with van der Waals surface area (Å²) in [7, 11) is 0. The third kappa shape index (κ3) is 2.74. The van der Waals surface area contributed by atoms with Crippen LogP contribution < -0.4 is 5.63 Å². The third-order valence-electron chi connectivity index (χ3n) is 1.54. The summed E-state index contributed by atoms with van der Waals surface area (Å²) in [5.41, 5.74) is -0.270. The predicted molar refractivity (Wildman–Crippen MR) is 48.1 cm³/mol. The minimum absolute atomic E-state index is 0.270. The summed E-state index contributed by atoms with van der Waals surface area (Å²) in [5.74, 6) is 0.751. The highest BCUT2D eigenvalue weighted by Crippen LogP contribution is 1.99. The lowest BCUT2D eigenvalue weighted by atomic mass is 10.2. The van der Waals surface area contributed by atoms with Gasteiger partial charge in [0.1, 0.15) is 5.76 Å². The first kappa shape index (κ1) is 8.78. The van der Waals surface area contributed by atoms with Crippen molar-refractivity contribution in [1.29, 1.82) is 0 Å². The van der Waals surface area contributed by atoms with Crippen molar-refractivity contribution in [3.8, 4) is 0 Å². The van der Waals surface area contributed by atoms with Gasteiger partial charge >= 0.3 is 5.63 Å². The highest BCUT2D eigenvalue weighted by Gasteiger charge is 1.92. The van der Waals surface area contributed by atoms with Gasteiger partial charge in [0.25, 0.3) is 0 Å². The van der Waals surface area contributed by atoms with Gasteiger partial charge < -0.3 is 4.42 Å². The molecule has 2 nitrogen and oxygen atoms in total. The van der Waals surface area contributed by atoms with E-state index in [9.17, 15) is 4.79 Å². The Bertz CT molecular complexity index is 310. The summed E-state index contributed by atoms with van der Waals surface area (Å²) >= 11 is 0. The molecule has 12 heavy (non-hydrogen) atoms. The molecule has 1 aromatic rings. The zero-order valence-electron chi connectivity index (χ0n) is 7.12. The third-order valence-corrected chi connectivity index (χ3v) is 1.54. The first-order chi connectivity index (χ1) is 5.83. The molecule has 0 aromatic carbocycles. The molecule has 0 spiro atoms. The number of hydrogen-bond donors (Lipinski definition) is 0. The van der Waals surface area contributed by atoms with Crippen molar-refractivity contribution in [2.45, 2.75) is 19.8 Å². The van der Waals surface area contributed by atoms with Crippen molar-refractivity contribution >= 4 is 0 Å². The molecular weight excluding hydrogens is 152 g/mol. The average Bonchev–Trinajstić information content (AvgIpc) is 2.05. The number of hydrogen-bond acceptors (Lipinski definition) is 2. The first-order valence-corrected chi connectivity index (χ1v) is 4.03. The zero-order valence-corrected chi connectivity index (χ0v) is 7.12. The van der Waals surface area contributed by atoms with Gasteiger partial charge in [0.2, 0.25) is 0 Å². The highest BCUT2D eigenvalue weighted by atomic mass is 16.4. The summed E-state index contributed by atoms with van der Waals surface area (Å²) in [5, 5.41) is 0. The van der Waals surface area contributed by atoms with Crippen LogP contribution in [-0.4, -0.2) is 0 Å². The van der Waals surface area contributed by atoms with Gasteiger partial charge in [-0.15, -0.1) is 0 Å². The Morgan fingerprint density at radius 2 is 2.33 bits per heavy atom. The molecule has 1 rings (SSSR count). The fourth-order valence-corrected chi connectivity index (χ4v) is 0.958. The Kier molecular flexibility index (Phi) is 3.33. The molecule has 0 saturated heterocycles. The number of rotatable bonds is 3. The molecule has 0 bridgehead atoms.